The quantitative estimate of drug-likeness (QED) is 0.619. The first-order chi connectivity index (χ1) is 8.11. The second kappa shape index (κ2) is 4.35. The number of nitro groups is 1. The number of halogens is 3. The van der Waals surface area contributed by atoms with Crippen LogP contribution in [0.4, 0.5) is 19.0 Å². The van der Waals surface area contributed by atoms with Crippen LogP contribution < -0.4 is 10.2 Å². The van der Waals surface area contributed by atoms with Crippen molar-refractivity contribution in [2.24, 2.45) is 0 Å². The van der Waals surface area contributed by atoms with Gasteiger partial charge in [-0.25, -0.2) is 9.78 Å². The normalized spacial score (nSPS) is 11.1. The summed E-state index contributed by atoms with van der Waals surface area (Å²) in [6.07, 6.45) is -5.30. The maximum absolute atomic E-state index is 11.9. The van der Waals surface area contributed by atoms with Gasteiger partial charge in [0, 0.05) is 0 Å². The molecule has 18 heavy (non-hydrogen) atoms. The molecule has 11 heteroatoms. The van der Waals surface area contributed by atoms with Gasteiger partial charge in [0.15, 0.2) is 5.56 Å². The Morgan fingerprint density at radius 1 is 1.50 bits per heavy atom. The summed E-state index contributed by atoms with van der Waals surface area (Å²) in [7, 11) is 0. The topological polar surface area (TPSA) is 123 Å². The summed E-state index contributed by atoms with van der Waals surface area (Å²) < 4.78 is 39.1. The predicted octanol–water partition coefficient (Wildman–Crippen LogP) is 0.880. The first kappa shape index (κ1) is 13.5. The third kappa shape index (κ3) is 2.96. The molecule has 0 aromatic carbocycles. The third-order valence-electron chi connectivity index (χ3n) is 1.61. The Morgan fingerprint density at radius 2 is 2.06 bits per heavy atom. The van der Waals surface area contributed by atoms with Crippen LogP contribution in [0.25, 0.3) is 0 Å². The Kier molecular flexibility index (Phi) is 3.26. The molecule has 1 aromatic heterocycles. The highest BCUT2D eigenvalue weighted by atomic mass is 19.4. The van der Waals surface area contributed by atoms with Gasteiger partial charge in [-0.05, 0) is 4.92 Å². The van der Waals surface area contributed by atoms with E-state index in [4.69, 9.17) is 5.11 Å². The zero-order chi connectivity index (χ0) is 14.1. The number of rotatable bonds is 3. The zero-order valence-electron chi connectivity index (χ0n) is 8.15. The minimum atomic E-state index is -5.30. The second-order valence-electron chi connectivity index (χ2n) is 2.83. The van der Waals surface area contributed by atoms with Crippen LogP contribution in [0.15, 0.2) is 10.9 Å². The van der Waals surface area contributed by atoms with Gasteiger partial charge in [-0.1, -0.05) is 0 Å². The van der Waals surface area contributed by atoms with Crippen LogP contribution in [0.1, 0.15) is 10.4 Å². The number of ether oxygens (including phenoxy) is 1. The van der Waals surface area contributed by atoms with Crippen LogP contribution in [0.5, 0.6) is 5.88 Å². The van der Waals surface area contributed by atoms with Gasteiger partial charge >= 0.3 is 24.0 Å². The molecule has 98 valence electrons. The minimum absolute atomic E-state index is 0.243. The Hall–Kier alpha value is -2.59. The Balaban J connectivity index is 3.48. The standard InChI is InChI=1S/C7H3F3N2O6/c8-7(9,10)18-5-4(6(14)15)2(13)1-3(11-5)12(16)17/h1H,(H,11,13)(H,14,15). The number of carboxylic acid groups (broad SMARTS) is 1. The van der Waals surface area contributed by atoms with Gasteiger partial charge < -0.3 is 20.0 Å². The fourth-order valence-electron chi connectivity index (χ4n) is 1.02. The molecule has 1 aromatic rings. The third-order valence-corrected chi connectivity index (χ3v) is 1.61. The number of aromatic nitrogens is 1. The molecule has 0 unspecified atom stereocenters. The molecule has 0 aliphatic heterocycles. The number of hydrogen-bond acceptors (Lipinski definition) is 5. The molecule has 0 saturated heterocycles. The summed E-state index contributed by atoms with van der Waals surface area (Å²) >= 11 is 0. The van der Waals surface area contributed by atoms with Gasteiger partial charge in [0.25, 0.3) is 0 Å². The van der Waals surface area contributed by atoms with E-state index >= 15 is 0 Å². The average molecular weight is 268 g/mol. The van der Waals surface area contributed by atoms with Crippen molar-refractivity contribution in [2.75, 3.05) is 0 Å². The van der Waals surface area contributed by atoms with Gasteiger partial charge in [-0.15, -0.1) is 13.2 Å². The number of alkyl halides is 3. The highest BCUT2D eigenvalue weighted by Gasteiger charge is 2.36. The van der Waals surface area contributed by atoms with Gasteiger partial charge in [-0.3, -0.25) is 4.79 Å². The van der Waals surface area contributed by atoms with Gasteiger partial charge in [0.1, 0.15) is 0 Å². The maximum atomic E-state index is 11.9. The van der Waals surface area contributed by atoms with E-state index in [1.807, 2.05) is 0 Å². The van der Waals surface area contributed by atoms with Gasteiger partial charge in [0.05, 0.1) is 6.07 Å². The monoisotopic (exact) mass is 268 g/mol. The van der Waals surface area contributed by atoms with Crippen LogP contribution in [0.3, 0.4) is 0 Å². The molecule has 0 bridgehead atoms. The van der Waals surface area contributed by atoms with Crippen molar-refractivity contribution >= 4 is 11.8 Å². The van der Waals surface area contributed by atoms with E-state index in [9.17, 15) is 32.9 Å². The molecule has 0 aliphatic rings. The number of nitrogens with zero attached hydrogens (tertiary/aromatic N) is 1. The van der Waals surface area contributed by atoms with Crippen molar-refractivity contribution in [3.05, 3.63) is 32.0 Å². The lowest BCUT2D eigenvalue weighted by atomic mass is 10.2. The summed E-state index contributed by atoms with van der Waals surface area (Å²) in [4.78, 5) is 32.3. The second-order valence-corrected chi connectivity index (χ2v) is 2.83. The van der Waals surface area contributed by atoms with E-state index in [0.29, 0.717) is 0 Å². The van der Waals surface area contributed by atoms with E-state index in [-0.39, 0.29) is 6.07 Å². The number of carbonyl (C=O) groups is 1. The SMILES string of the molecule is O=C(O)c1c(OC(F)(F)F)[nH]c([N+](=O)[O-])cc1=O. The van der Waals surface area contributed by atoms with E-state index in [0.717, 1.165) is 0 Å². The molecule has 1 rings (SSSR count). The average Bonchev–Trinajstić information content (AvgIpc) is 2.12. The highest BCUT2D eigenvalue weighted by molar-refractivity contribution is 5.90. The number of aromatic carboxylic acids is 1. The molecule has 1 heterocycles. The molecule has 2 N–H and O–H groups in total. The van der Waals surface area contributed by atoms with E-state index in [1.54, 1.807) is 0 Å². The summed E-state index contributed by atoms with van der Waals surface area (Å²) in [5.41, 5.74) is -2.86. The molecule has 0 amide bonds. The van der Waals surface area contributed by atoms with E-state index in [1.165, 1.54) is 4.98 Å². The molecule has 0 spiro atoms. The number of carboxylic acids is 1. The zero-order valence-corrected chi connectivity index (χ0v) is 8.15. The lowest BCUT2D eigenvalue weighted by Crippen LogP contribution is -2.24. The number of hydrogen-bond donors (Lipinski definition) is 2. The smallest absolute Gasteiger partial charge is 0.477 e. The largest absolute Gasteiger partial charge is 0.575 e. The molecule has 0 fully saturated rings. The van der Waals surface area contributed by atoms with Gasteiger partial charge in [-0.2, -0.15) is 0 Å². The van der Waals surface area contributed by atoms with E-state index in [2.05, 4.69) is 4.74 Å². The van der Waals surface area contributed by atoms with Crippen LogP contribution in [0, 0.1) is 10.1 Å². The number of H-pyrrole nitrogens is 1. The highest BCUT2D eigenvalue weighted by Crippen LogP contribution is 2.24. The molecule has 8 nitrogen and oxygen atoms in total. The lowest BCUT2D eigenvalue weighted by Gasteiger charge is -2.08. The maximum Gasteiger partial charge on any atom is 0.575 e. The molecule has 0 radical (unpaired) electrons. The lowest BCUT2D eigenvalue weighted by molar-refractivity contribution is -0.390. The molecular formula is C7H3F3N2O6. The molecular weight excluding hydrogens is 265 g/mol. The fraction of sp³-hybridized carbons (Fsp3) is 0.143. The molecule has 0 atom stereocenters. The number of nitrogens with one attached hydrogen (secondary N) is 1. The summed E-state index contributed by atoms with van der Waals surface area (Å²) in [6.45, 7) is 0. The van der Waals surface area contributed by atoms with Crippen molar-refractivity contribution in [1.29, 1.82) is 0 Å². The van der Waals surface area contributed by atoms with Crippen LogP contribution in [0.2, 0.25) is 0 Å². The number of pyridine rings is 1. The van der Waals surface area contributed by atoms with Crippen molar-refractivity contribution in [3.8, 4) is 5.88 Å². The first-order valence-corrected chi connectivity index (χ1v) is 4.02. The van der Waals surface area contributed by atoms with Crippen LogP contribution in [-0.4, -0.2) is 27.3 Å². The van der Waals surface area contributed by atoms with Crippen molar-refractivity contribution in [3.63, 3.8) is 0 Å². The molecule has 0 saturated carbocycles. The Morgan fingerprint density at radius 3 is 2.44 bits per heavy atom. The Labute approximate surface area is 94.8 Å². The van der Waals surface area contributed by atoms with Crippen molar-refractivity contribution < 1.29 is 32.7 Å². The van der Waals surface area contributed by atoms with Crippen molar-refractivity contribution in [2.45, 2.75) is 6.36 Å². The predicted molar refractivity (Wildman–Crippen MR) is 47.4 cm³/mol. The summed E-state index contributed by atoms with van der Waals surface area (Å²) in [6, 6.07) is 0.243. The molecule has 0 aliphatic carbocycles. The van der Waals surface area contributed by atoms with Crippen LogP contribution >= 0.6 is 0 Å². The van der Waals surface area contributed by atoms with Crippen molar-refractivity contribution in [1.82, 2.24) is 4.98 Å². The summed E-state index contributed by atoms with van der Waals surface area (Å²) in [5, 5.41) is 18.8. The summed E-state index contributed by atoms with van der Waals surface area (Å²) in [5.74, 6) is -4.68. The fourth-order valence-corrected chi connectivity index (χ4v) is 1.02. The van der Waals surface area contributed by atoms with Gasteiger partial charge in [0.2, 0.25) is 5.43 Å². The van der Waals surface area contributed by atoms with E-state index < -0.39 is 39.9 Å². The Bertz CT molecular complexity index is 563. The van der Waals surface area contributed by atoms with Crippen LogP contribution in [-0.2, 0) is 0 Å². The number of aromatic amines is 1. The minimum Gasteiger partial charge on any atom is -0.477 e. The first-order valence-electron chi connectivity index (χ1n) is 4.02.